The summed E-state index contributed by atoms with van der Waals surface area (Å²) in [7, 11) is 0. The Morgan fingerprint density at radius 2 is 1.88 bits per heavy atom. The van der Waals surface area contributed by atoms with Crippen molar-refractivity contribution < 1.29 is 5.11 Å². The number of hydrogen-bond acceptors (Lipinski definition) is 3. The van der Waals surface area contributed by atoms with E-state index in [0.29, 0.717) is 5.82 Å². The van der Waals surface area contributed by atoms with Gasteiger partial charge in [-0.05, 0) is 25.0 Å². The van der Waals surface area contributed by atoms with Crippen molar-refractivity contribution in [1.29, 1.82) is 0 Å². The molecule has 4 N–H and O–H groups in total. The van der Waals surface area contributed by atoms with Crippen molar-refractivity contribution in [2.75, 3.05) is 5.73 Å². The first-order valence-corrected chi connectivity index (χ1v) is 5.10. The van der Waals surface area contributed by atoms with Gasteiger partial charge in [-0.3, -0.25) is 5.10 Å². The molecular weight excluding hydrogens is 202 g/mol. The fourth-order valence-electron chi connectivity index (χ4n) is 1.58. The van der Waals surface area contributed by atoms with Gasteiger partial charge in [0.25, 0.3) is 0 Å². The molecule has 0 saturated carbocycles. The largest absolute Gasteiger partial charge is 0.386 e. The van der Waals surface area contributed by atoms with Crippen LogP contribution in [-0.4, -0.2) is 15.3 Å². The third kappa shape index (κ3) is 1.92. The second-order valence-corrected chi connectivity index (χ2v) is 4.33. The molecular formula is C12H15N3O. The van der Waals surface area contributed by atoms with Crippen molar-refractivity contribution in [3.8, 4) is 11.1 Å². The lowest BCUT2D eigenvalue weighted by Crippen LogP contribution is -2.14. The van der Waals surface area contributed by atoms with Crippen LogP contribution in [0.1, 0.15) is 19.4 Å². The third-order valence-electron chi connectivity index (χ3n) is 2.57. The molecule has 2 rings (SSSR count). The monoisotopic (exact) mass is 217 g/mol. The van der Waals surface area contributed by atoms with Gasteiger partial charge in [0.15, 0.2) is 0 Å². The SMILES string of the molecule is CC(C)(O)c1ccc(-c2cn[nH]c2N)cc1. The fraction of sp³-hybridized carbons (Fsp3) is 0.250. The molecule has 84 valence electrons. The van der Waals surface area contributed by atoms with Gasteiger partial charge in [-0.1, -0.05) is 24.3 Å². The van der Waals surface area contributed by atoms with Gasteiger partial charge in [0.05, 0.1) is 11.8 Å². The fourth-order valence-corrected chi connectivity index (χ4v) is 1.58. The Morgan fingerprint density at radius 3 is 2.31 bits per heavy atom. The predicted molar refractivity (Wildman–Crippen MR) is 63.7 cm³/mol. The maximum absolute atomic E-state index is 9.82. The summed E-state index contributed by atoms with van der Waals surface area (Å²) in [5, 5.41) is 16.4. The second-order valence-electron chi connectivity index (χ2n) is 4.33. The molecule has 1 aromatic heterocycles. The summed E-state index contributed by atoms with van der Waals surface area (Å²) in [4.78, 5) is 0. The topological polar surface area (TPSA) is 74.9 Å². The number of hydrogen-bond donors (Lipinski definition) is 3. The van der Waals surface area contributed by atoms with Crippen LogP contribution < -0.4 is 5.73 Å². The Hall–Kier alpha value is -1.81. The summed E-state index contributed by atoms with van der Waals surface area (Å²) in [6.07, 6.45) is 1.69. The molecule has 16 heavy (non-hydrogen) atoms. The van der Waals surface area contributed by atoms with Crippen molar-refractivity contribution >= 4 is 5.82 Å². The number of nitrogen functional groups attached to an aromatic ring is 1. The molecule has 0 amide bonds. The highest BCUT2D eigenvalue weighted by atomic mass is 16.3. The minimum atomic E-state index is -0.819. The zero-order valence-corrected chi connectivity index (χ0v) is 9.36. The zero-order chi connectivity index (χ0) is 11.8. The van der Waals surface area contributed by atoms with E-state index in [4.69, 9.17) is 5.73 Å². The number of nitrogens with one attached hydrogen (secondary N) is 1. The van der Waals surface area contributed by atoms with Crippen LogP contribution in [0.3, 0.4) is 0 Å². The van der Waals surface area contributed by atoms with E-state index < -0.39 is 5.60 Å². The minimum absolute atomic E-state index is 0.552. The second kappa shape index (κ2) is 3.64. The van der Waals surface area contributed by atoms with Gasteiger partial charge < -0.3 is 10.8 Å². The van der Waals surface area contributed by atoms with Crippen LogP contribution in [0.4, 0.5) is 5.82 Å². The summed E-state index contributed by atoms with van der Waals surface area (Å²) in [5.74, 6) is 0.552. The molecule has 0 spiro atoms. The van der Waals surface area contributed by atoms with E-state index in [1.165, 1.54) is 0 Å². The quantitative estimate of drug-likeness (QED) is 0.719. The minimum Gasteiger partial charge on any atom is -0.386 e. The van der Waals surface area contributed by atoms with E-state index in [0.717, 1.165) is 16.7 Å². The standard InChI is InChI=1S/C12H15N3O/c1-12(2,16)9-5-3-8(4-6-9)10-7-14-15-11(10)13/h3-7,16H,1-2H3,(H3,13,14,15). The molecule has 2 aromatic rings. The molecule has 0 atom stereocenters. The van der Waals surface area contributed by atoms with Gasteiger partial charge >= 0.3 is 0 Å². The van der Waals surface area contributed by atoms with Crippen LogP contribution in [0.2, 0.25) is 0 Å². The van der Waals surface area contributed by atoms with Crippen LogP contribution in [0.5, 0.6) is 0 Å². The molecule has 0 unspecified atom stereocenters. The van der Waals surface area contributed by atoms with E-state index in [-0.39, 0.29) is 0 Å². The molecule has 4 nitrogen and oxygen atoms in total. The highest BCUT2D eigenvalue weighted by Crippen LogP contribution is 2.26. The summed E-state index contributed by atoms with van der Waals surface area (Å²) >= 11 is 0. The maximum atomic E-state index is 9.82. The normalized spacial score (nSPS) is 11.7. The summed E-state index contributed by atoms with van der Waals surface area (Å²) in [6.45, 7) is 3.52. The van der Waals surface area contributed by atoms with Crippen LogP contribution in [0, 0.1) is 0 Å². The van der Waals surface area contributed by atoms with Crippen molar-refractivity contribution in [2.45, 2.75) is 19.4 Å². The van der Waals surface area contributed by atoms with Gasteiger partial charge in [0, 0.05) is 5.56 Å². The summed E-state index contributed by atoms with van der Waals surface area (Å²) in [6, 6.07) is 7.63. The first-order chi connectivity index (χ1) is 7.48. The molecule has 1 heterocycles. The highest BCUT2D eigenvalue weighted by Gasteiger charge is 2.15. The van der Waals surface area contributed by atoms with Gasteiger partial charge in [-0.25, -0.2) is 0 Å². The Labute approximate surface area is 94.1 Å². The lowest BCUT2D eigenvalue weighted by molar-refractivity contribution is 0.0786. The van der Waals surface area contributed by atoms with Crippen LogP contribution in [-0.2, 0) is 5.60 Å². The number of aliphatic hydroxyl groups is 1. The number of nitrogens with two attached hydrogens (primary N) is 1. The van der Waals surface area contributed by atoms with E-state index in [2.05, 4.69) is 10.2 Å². The van der Waals surface area contributed by atoms with Crippen molar-refractivity contribution in [3.63, 3.8) is 0 Å². The summed E-state index contributed by atoms with van der Waals surface area (Å²) in [5.41, 5.74) is 7.65. The van der Waals surface area contributed by atoms with Gasteiger partial charge in [0.1, 0.15) is 5.82 Å². The Morgan fingerprint density at radius 1 is 1.25 bits per heavy atom. The average molecular weight is 217 g/mol. The molecule has 0 bridgehead atoms. The Balaban J connectivity index is 2.37. The summed E-state index contributed by atoms with van der Waals surface area (Å²) < 4.78 is 0. The molecule has 4 heteroatoms. The van der Waals surface area contributed by atoms with Crippen molar-refractivity contribution in [2.24, 2.45) is 0 Å². The van der Waals surface area contributed by atoms with E-state index in [1.807, 2.05) is 24.3 Å². The number of anilines is 1. The lowest BCUT2D eigenvalue weighted by atomic mass is 9.96. The van der Waals surface area contributed by atoms with E-state index in [1.54, 1.807) is 20.0 Å². The molecule has 1 aromatic carbocycles. The predicted octanol–water partition coefficient (Wildman–Crippen LogP) is 1.89. The first-order valence-electron chi connectivity index (χ1n) is 5.10. The smallest absolute Gasteiger partial charge is 0.126 e. The lowest BCUT2D eigenvalue weighted by Gasteiger charge is -2.17. The van der Waals surface area contributed by atoms with Gasteiger partial charge in [-0.2, -0.15) is 5.10 Å². The van der Waals surface area contributed by atoms with E-state index >= 15 is 0 Å². The van der Waals surface area contributed by atoms with E-state index in [9.17, 15) is 5.11 Å². The van der Waals surface area contributed by atoms with Crippen LogP contribution in [0.15, 0.2) is 30.5 Å². The Kier molecular flexibility index (Phi) is 2.44. The molecule has 0 aliphatic heterocycles. The van der Waals surface area contributed by atoms with Gasteiger partial charge in [-0.15, -0.1) is 0 Å². The maximum Gasteiger partial charge on any atom is 0.126 e. The number of H-pyrrole nitrogens is 1. The number of benzene rings is 1. The molecule has 0 saturated heterocycles. The van der Waals surface area contributed by atoms with Crippen LogP contribution in [0.25, 0.3) is 11.1 Å². The van der Waals surface area contributed by atoms with Crippen molar-refractivity contribution in [1.82, 2.24) is 10.2 Å². The number of aromatic amines is 1. The Bertz CT molecular complexity index is 480. The van der Waals surface area contributed by atoms with Crippen LogP contribution >= 0.6 is 0 Å². The number of rotatable bonds is 2. The molecule has 0 fully saturated rings. The third-order valence-corrected chi connectivity index (χ3v) is 2.57. The molecule has 0 aliphatic carbocycles. The highest BCUT2D eigenvalue weighted by molar-refractivity contribution is 5.73. The zero-order valence-electron chi connectivity index (χ0n) is 9.36. The van der Waals surface area contributed by atoms with Gasteiger partial charge in [0.2, 0.25) is 0 Å². The number of nitrogens with zero attached hydrogens (tertiary/aromatic N) is 1. The first kappa shape index (κ1) is 10.7. The number of aromatic nitrogens is 2. The molecule has 0 radical (unpaired) electrons. The molecule has 0 aliphatic rings. The van der Waals surface area contributed by atoms with Crippen molar-refractivity contribution in [3.05, 3.63) is 36.0 Å². The average Bonchev–Trinajstić information content (AvgIpc) is 2.63.